The molecule has 0 saturated carbocycles. The molecule has 1 fully saturated rings. The number of furan rings is 1. The monoisotopic (exact) mass is 400 g/mol. The molecule has 0 atom stereocenters. The highest BCUT2D eigenvalue weighted by molar-refractivity contribution is 8.26. The molecular formula is C20H20N2O3S2. The van der Waals surface area contributed by atoms with E-state index in [1.165, 1.54) is 17.3 Å². The number of hydrogen-bond acceptors (Lipinski definition) is 5. The average molecular weight is 401 g/mol. The normalized spacial score (nSPS) is 15.6. The van der Waals surface area contributed by atoms with Gasteiger partial charge in [-0.1, -0.05) is 54.3 Å². The Hall–Kier alpha value is -2.38. The maximum absolute atomic E-state index is 12.5. The minimum absolute atomic E-state index is 0.0116. The summed E-state index contributed by atoms with van der Waals surface area (Å²) in [5, 5.41) is 2.91. The highest BCUT2D eigenvalue weighted by Gasteiger charge is 2.31. The van der Waals surface area contributed by atoms with Crippen LogP contribution in [0.2, 0.25) is 0 Å². The molecule has 0 spiro atoms. The van der Waals surface area contributed by atoms with E-state index in [1.807, 2.05) is 30.3 Å². The number of nitrogens with zero attached hydrogens (tertiary/aromatic N) is 1. The lowest BCUT2D eigenvalue weighted by molar-refractivity contribution is -0.123. The van der Waals surface area contributed by atoms with Crippen molar-refractivity contribution in [2.24, 2.45) is 0 Å². The second-order valence-corrected chi connectivity index (χ2v) is 7.71. The summed E-state index contributed by atoms with van der Waals surface area (Å²) in [6, 6.07) is 13.6. The highest BCUT2D eigenvalue weighted by Crippen LogP contribution is 2.32. The zero-order valence-corrected chi connectivity index (χ0v) is 16.4. The van der Waals surface area contributed by atoms with Crippen molar-refractivity contribution < 1.29 is 14.0 Å². The largest absolute Gasteiger partial charge is 0.465 e. The predicted octanol–water partition coefficient (Wildman–Crippen LogP) is 3.62. The fourth-order valence-corrected chi connectivity index (χ4v) is 3.96. The third kappa shape index (κ3) is 5.55. The Labute approximate surface area is 167 Å². The van der Waals surface area contributed by atoms with Crippen molar-refractivity contribution in [1.82, 2.24) is 10.2 Å². The van der Waals surface area contributed by atoms with E-state index in [-0.39, 0.29) is 11.8 Å². The molecule has 1 aromatic carbocycles. The summed E-state index contributed by atoms with van der Waals surface area (Å²) in [6.07, 6.45) is 4.98. The van der Waals surface area contributed by atoms with E-state index in [9.17, 15) is 9.59 Å². The quantitative estimate of drug-likeness (QED) is 0.542. The van der Waals surface area contributed by atoms with Gasteiger partial charge in [-0.05, 0) is 30.5 Å². The Balaban J connectivity index is 1.40. The summed E-state index contributed by atoms with van der Waals surface area (Å²) in [5.74, 6) is 0.474. The van der Waals surface area contributed by atoms with Crippen molar-refractivity contribution >= 4 is 46.2 Å². The minimum atomic E-state index is -0.133. The number of nitrogens with one attached hydrogen (secondary N) is 1. The third-order valence-corrected chi connectivity index (χ3v) is 5.43. The zero-order chi connectivity index (χ0) is 19.1. The number of hydrogen-bond donors (Lipinski definition) is 1. The van der Waals surface area contributed by atoms with Gasteiger partial charge < -0.3 is 9.73 Å². The SMILES string of the molecule is O=C(CCCN1C(=O)/C(=C\c2ccco2)SC1=S)NCCc1ccccc1. The van der Waals surface area contributed by atoms with Gasteiger partial charge in [0.25, 0.3) is 5.91 Å². The standard InChI is InChI=1S/C20H20N2O3S2/c23-18(21-11-10-15-6-2-1-3-7-15)9-4-12-22-19(24)17(27-20(22)26)14-16-8-5-13-25-16/h1-3,5-8,13-14H,4,9-12H2,(H,21,23)/b17-14+. The smallest absolute Gasteiger partial charge is 0.266 e. The number of thiocarbonyl (C=S) groups is 1. The van der Waals surface area contributed by atoms with Crippen LogP contribution in [0.5, 0.6) is 0 Å². The molecule has 1 saturated heterocycles. The Bertz CT molecular complexity index is 832. The second kappa shape index (κ2) is 9.53. The van der Waals surface area contributed by atoms with E-state index in [2.05, 4.69) is 5.32 Å². The Morgan fingerprint density at radius 3 is 2.78 bits per heavy atom. The van der Waals surface area contributed by atoms with Crippen molar-refractivity contribution in [2.75, 3.05) is 13.1 Å². The molecule has 0 radical (unpaired) electrons. The minimum Gasteiger partial charge on any atom is -0.465 e. The van der Waals surface area contributed by atoms with Gasteiger partial charge in [-0.25, -0.2) is 0 Å². The second-order valence-electron chi connectivity index (χ2n) is 6.04. The van der Waals surface area contributed by atoms with Crippen molar-refractivity contribution in [3.05, 3.63) is 65.0 Å². The fourth-order valence-electron chi connectivity index (χ4n) is 2.67. The summed E-state index contributed by atoms with van der Waals surface area (Å²) >= 11 is 6.55. The summed E-state index contributed by atoms with van der Waals surface area (Å²) in [4.78, 5) is 26.5. The van der Waals surface area contributed by atoms with Gasteiger partial charge in [0.15, 0.2) is 0 Å². The molecule has 2 heterocycles. The van der Waals surface area contributed by atoms with Gasteiger partial charge in [0, 0.05) is 25.6 Å². The molecule has 140 valence electrons. The van der Waals surface area contributed by atoms with Crippen LogP contribution in [-0.2, 0) is 16.0 Å². The fraction of sp³-hybridized carbons (Fsp3) is 0.250. The van der Waals surface area contributed by atoms with Crippen LogP contribution in [-0.4, -0.2) is 34.1 Å². The lowest BCUT2D eigenvalue weighted by Crippen LogP contribution is -2.31. The lowest BCUT2D eigenvalue weighted by atomic mass is 10.1. The summed E-state index contributed by atoms with van der Waals surface area (Å²) in [7, 11) is 0. The van der Waals surface area contributed by atoms with Crippen LogP contribution in [0.15, 0.2) is 58.1 Å². The van der Waals surface area contributed by atoms with Crippen molar-refractivity contribution in [3.8, 4) is 0 Å². The Morgan fingerprint density at radius 2 is 2.04 bits per heavy atom. The number of rotatable bonds is 8. The molecule has 2 amide bonds. The number of thioether (sulfide) groups is 1. The zero-order valence-electron chi connectivity index (χ0n) is 14.7. The van der Waals surface area contributed by atoms with Crippen LogP contribution in [0, 0.1) is 0 Å². The molecule has 3 rings (SSSR count). The first kappa shape index (κ1) is 19.4. The first-order chi connectivity index (χ1) is 13.1. The van der Waals surface area contributed by atoms with Crippen LogP contribution >= 0.6 is 24.0 Å². The molecule has 0 bridgehead atoms. The molecule has 7 heteroatoms. The van der Waals surface area contributed by atoms with E-state index in [4.69, 9.17) is 16.6 Å². The molecule has 0 aliphatic carbocycles. The van der Waals surface area contributed by atoms with Gasteiger partial charge in [0.05, 0.1) is 11.2 Å². The van der Waals surface area contributed by atoms with Crippen molar-refractivity contribution in [1.29, 1.82) is 0 Å². The lowest BCUT2D eigenvalue weighted by Gasteiger charge is -2.14. The summed E-state index contributed by atoms with van der Waals surface area (Å²) in [5.41, 5.74) is 1.19. The summed E-state index contributed by atoms with van der Waals surface area (Å²) < 4.78 is 5.76. The predicted molar refractivity (Wildman–Crippen MR) is 111 cm³/mol. The van der Waals surface area contributed by atoms with Crippen molar-refractivity contribution in [2.45, 2.75) is 19.3 Å². The average Bonchev–Trinajstić information content (AvgIpc) is 3.26. The topological polar surface area (TPSA) is 62.6 Å². The molecule has 0 unspecified atom stereocenters. The van der Waals surface area contributed by atoms with Gasteiger partial charge >= 0.3 is 0 Å². The number of carbonyl (C=O) groups excluding carboxylic acids is 2. The van der Waals surface area contributed by atoms with Crippen LogP contribution in [0.25, 0.3) is 6.08 Å². The Kier molecular flexibility index (Phi) is 6.84. The third-order valence-electron chi connectivity index (χ3n) is 4.05. The van der Waals surface area contributed by atoms with Crippen LogP contribution in [0.4, 0.5) is 0 Å². The highest BCUT2D eigenvalue weighted by atomic mass is 32.2. The molecule has 2 aromatic rings. The van der Waals surface area contributed by atoms with Crippen LogP contribution < -0.4 is 5.32 Å². The number of amides is 2. The molecule has 27 heavy (non-hydrogen) atoms. The summed E-state index contributed by atoms with van der Waals surface area (Å²) in [6.45, 7) is 1.04. The van der Waals surface area contributed by atoms with E-state index in [0.29, 0.717) is 40.9 Å². The maximum atomic E-state index is 12.5. The van der Waals surface area contributed by atoms with E-state index in [1.54, 1.807) is 29.4 Å². The van der Waals surface area contributed by atoms with E-state index < -0.39 is 0 Å². The van der Waals surface area contributed by atoms with Crippen LogP contribution in [0.1, 0.15) is 24.2 Å². The molecule has 5 nitrogen and oxygen atoms in total. The number of benzene rings is 1. The molecule has 1 N–H and O–H groups in total. The number of carbonyl (C=O) groups is 2. The maximum Gasteiger partial charge on any atom is 0.266 e. The van der Waals surface area contributed by atoms with Gasteiger partial charge in [-0.15, -0.1) is 0 Å². The van der Waals surface area contributed by atoms with E-state index in [0.717, 1.165) is 6.42 Å². The molecule has 1 aromatic heterocycles. The van der Waals surface area contributed by atoms with Crippen molar-refractivity contribution in [3.63, 3.8) is 0 Å². The molecular weight excluding hydrogens is 380 g/mol. The Morgan fingerprint density at radius 1 is 1.22 bits per heavy atom. The molecule has 1 aliphatic rings. The van der Waals surface area contributed by atoms with E-state index >= 15 is 0 Å². The van der Waals surface area contributed by atoms with Gasteiger partial charge in [0.2, 0.25) is 5.91 Å². The van der Waals surface area contributed by atoms with Gasteiger partial charge in [-0.3, -0.25) is 14.5 Å². The van der Waals surface area contributed by atoms with Crippen LogP contribution in [0.3, 0.4) is 0 Å². The first-order valence-electron chi connectivity index (χ1n) is 8.73. The molecule has 1 aliphatic heterocycles. The van der Waals surface area contributed by atoms with Gasteiger partial charge in [-0.2, -0.15) is 0 Å². The first-order valence-corrected chi connectivity index (χ1v) is 9.95. The van der Waals surface area contributed by atoms with Gasteiger partial charge in [0.1, 0.15) is 10.1 Å².